The molecule has 0 spiro atoms. The van der Waals surface area contributed by atoms with Crippen LogP contribution < -0.4 is 10.1 Å². The first-order valence-corrected chi connectivity index (χ1v) is 8.48. The monoisotopic (exact) mass is 350 g/mol. The fraction of sp³-hybridized carbons (Fsp3) is 0.250. The molecule has 6 nitrogen and oxygen atoms in total. The molecule has 0 bridgehead atoms. The van der Waals surface area contributed by atoms with E-state index in [-0.39, 0.29) is 5.91 Å². The molecule has 2 aromatic heterocycles. The normalized spacial score (nSPS) is 10.5. The minimum absolute atomic E-state index is 0.0156. The van der Waals surface area contributed by atoms with Gasteiger partial charge in [-0.05, 0) is 35.7 Å². The molecule has 0 atom stereocenters. The molecule has 0 saturated carbocycles. The van der Waals surface area contributed by atoms with E-state index in [4.69, 9.17) is 4.74 Å². The van der Waals surface area contributed by atoms with Crippen LogP contribution in [0.1, 0.15) is 17.5 Å². The molecule has 0 radical (unpaired) electrons. The van der Waals surface area contributed by atoms with Crippen LogP contribution in [0.5, 0.6) is 5.75 Å². The molecule has 2 heterocycles. The van der Waals surface area contributed by atoms with E-state index in [1.54, 1.807) is 24.2 Å². The zero-order valence-corrected chi connectivity index (χ0v) is 15.0. The van der Waals surface area contributed by atoms with Gasteiger partial charge in [0.05, 0.1) is 19.0 Å². The third-order valence-corrected chi connectivity index (χ3v) is 4.15. The van der Waals surface area contributed by atoms with Crippen LogP contribution >= 0.6 is 0 Å². The summed E-state index contributed by atoms with van der Waals surface area (Å²) >= 11 is 0. The van der Waals surface area contributed by atoms with Gasteiger partial charge in [-0.15, -0.1) is 0 Å². The van der Waals surface area contributed by atoms with Crippen molar-refractivity contribution < 1.29 is 9.53 Å². The molecule has 3 rings (SSSR count). The van der Waals surface area contributed by atoms with Crippen LogP contribution in [0.4, 0.5) is 0 Å². The molecule has 26 heavy (non-hydrogen) atoms. The standard InChI is InChI=1S/C20H22N4O2/c1-24-14-17(13-23-24)20-16(4-3-11-21-20)12-22-19(25)10-7-15-5-8-18(26-2)9-6-15/h3-6,8-9,11,13-14H,7,10,12H2,1-2H3,(H,22,25). The molecule has 6 heteroatoms. The number of nitrogens with one attached hydrogen (secondary N) is 1. The third kappa shape index (κ3) is 4.47. The molecule has 0 unspecified atom stereocenters. The lowest BCUT2D eigenvalue weighted by atomic mass is 10.1. The predicted octanol–water partition coefficient (Wildman–Crippen LogP) is 2.74. The summed E-state index contributed by atoms with van der Waals surface area (Å²) in [6.07, 6.45) is 6.57. The van der Waals surface area contributed by atoms with E-state index >= 15 is 0 Å². The Morgan fingerprint density at radius 2 is 2.04 bits per heavy atom. The van der Waals surface area contributed by atoms with Crippen molar-refractivity contribution in [2.75, 3.05) is 7.11 Å². The van der Waals surface area contributed by atoms with Gasteiger partial charge in [-0.25, -0.2) is 0 Å². The highest BCUT2D eigenvalue weighted by Crippen LogP contribution is 2.20. The van der Waals surface area contributed by atoms with Crippen LogP contribution in [-0.2, 0) is 24.8 Å². The highest BCUT2D eigenvalue weighted by atomic mass is 16.5. The number of ether oxygens (including phenoxy) is 1. The van der Waals surface area contributed by atoms with E-state index in [9.17, 15) is 4.79 Å². The summed E-state index contributed by atoms with van der Waals surface area (Å²) in [6.45, 7) is 0.444. The number of carbonyl (C=O) groups excluding carboxylic acids is 1. The quantitative estimate of drug-likeness (QED) is 0.711. The highest BCUT2D eigenvalue weighted by molar-refractivity contribution is 5.76. The molecule has 0 aliphatic heterocycles. The summed E-state index contributed by atoms with van der Waals surface area (Å²) in [4.78, 5) is 16.6. The maximum atomic E-state index is 12.2. The molecule has 1 N–H and O–H groups in total. The molecule has 1 amide bonds. The molecule has 0 aliphatic carbocycles. The number of hydrogen-bond donors (Lipinski definition) is 1. The number of benzene rings is 1. The summed E-state index contributed by atoms with van der Waals surface area (Å²) in [5.74, 6) is 0.833. The van der Waals surface area contributed by atoms with E-state index in [1.807, 2.05) is 49.6 Å². The average Bonchev–Trinajstić information content (AvgIpc) is 3.11. The summed E-state index contributed by atoms with van der Waals surface area (Å²) < 4.78 is 6.88. The maximum absolute atomic E-state index is 12.2. The van der Waals surface area contributed by atoms with Gasteiger partial charge in [0.25, 0.3) is 0 Å². The number of amides is 1. The molecule has 1 aromatic carbocycles. The summed E-state index contributed by atoms with van der Waals surface area (Å²) in [7, 11) is 3.51. The molecule has 0 saturated heterocycles. The number of methoxy groups -OCH3 is 1. The summed E-state index contributed by atoms with van der Waals surface area (Å²) in [5, 5.41) is 7.16. The molecule has 0 fully saturated rings. The Bertz CT molecular complexity index is 872. The zero-order chi connectivity index (χ0) is 18.4. The largest absolute Gasteiger partial charge is 0.497 e. The first-order chi connectivity index (χ1) is 12.7. The molecular formula is C20H22N4O2. The number of carbonyl (C=O) groups is 1. The Morgan fingerprint density at radius 3 is 2.73 bits per heavy atom. The number of hydrogen-bond acceptors (Lipinski definition) is 4. The predicted molar refractivity (Wildman–Crippen MR) is 99.6 cm³/mol. The smallest absolute Gasteiger partial charge is 0.220 e. The number of rotatable bonds is 7. The third-order valence-electron chi connectivity index (χ3n) is 4.15. The maximum Gasteiger partial charge on any atom is 0.220 e. The number of pyridine rings is 1. The second kappa shape index (κ2) is 8.29. The van der Waals surface area contributed by atoms with E-state index in [0.29, 0.717) is 19.4 Å². The zero-order valence-electron chi connectivity index (χ0n) is 15.0. The molecule has 3 aromatic rings. The topological polar surface area (TPSA) is 69.0 Å². The highest BCUT2D eigenvalue weighted by Gasteiger charge is 2.09. The van der Waals surface area contributed by atoms with Gasteiger partial charge in [0.15, 0.2) is 0 Å². The number of aromatic nitrogens is 3. The molecule has 134 valence electrons. The summed E-state index contributed by atoms with van der Waals surface area (Å²) in [6, 6.07) is 11.6. The number of aryl methyl sites for hydroxylation is 2. The van der Waals surface area contributed by atoms with Crippen LogP contribution in [0.2, 0.25) is 0 Å². The lowest BCUT2D eigenvalue weighted by Crippen LogP contribution is -2.23. The Hall–Kier alpha value is -3.15. The summed E-state index contributed by atoms with van der Waals surface area (Å²) in [5.41, 5.74) is 3.86. The lowest BCUT2D eigenvalue weighted by molar-refractivity contribution is -0.121. The first kappa shape index (κ1) is 17.7. The molecular weight excluding hydrogens is 328 g/mol. The van der Waals surface area contributed by atoms with E-state index < -0.39 is 0 Å². The van der Waals surface area contributed by atoms with Gasteiger partial charge in [0, 0.05) is 38.0 Å². The van der Waals surface area contributed by atoms with Crippen molar-refractivity contribution in [1.82, 2.24) is 20.1 Å². The SMILES string of the molecule is COc1ccc(CCC(=O)NCc2cccnc2-c2cnn(C)c2)cc1. The van der Waals surface area contributed by atoms with Crippen LogP contribution in [0.3, 0.4) is 0 Å². The van der Waals surface area contributed by atoms with Gasteiger partial charge >= 0.3 is 0 Å². The first-order valence-electron chi connectivity index (χ1n) is 8.48. The average molecular weight is 350 g/mol. The second-order valence-electron chi connectivity index (χ2n) is 6.04. The van der Waals surface area contributed by atoms with Gasteiger partial charge in [0.2, 0.25) is 5.91 Å². The van der Waals surface area contributed by atoms with Crippen molar-refractivity contribution in [2.45, 2.75) is 19.4 Å². The minimum Gasteiger partial charge on any atom is -0.497 e. The van der Waals surface area contributed by atoms with Gasteiger partial charge in [-0.2, -0.15) is 5.10 Å². The molecule has 0 aliphatic rings. The van der Waals surface area contributed by atoms with Gasteiger partial charge < -0.3 is 10.1 Å². The Labute approximate surface area is 152 Å². The van der Waals surface area contributed by atoms with Crippen LogP contribution in [0.15, 0.2) is 55.0 Å². The second-order valence-corrected chi connectivity index (χ2v) is 6.04. The lowest BCUT2D eigenvalue weighted by Gasteiger charge is -2.09. The Balaban J connectivity index is 1.56. The fourth-order valence-electron chi connectivity index (χ4n) is 2.72. The van der Waals surface area contributed by atoms with Crippen molar-refractivity contribution in [3.63, 3.8) is 0 Å². The fourth-order valence-corrected chi connectivity index (χ4v) is 2.72. The van der Waals surface area contributed by atoms with Gasteiger partial charge in [0.1, 0.15) is 5.75 Å². The Kier molecular flexibility index (Phi) is 5.63. The van der Waals surface area contributed by atoms with Crippen LogP contribution in [0, 0.1) is 0 Å². The van der Waals surface area contributed by atoms with Crippen molar-refractivity contribution in [2.24, 2.45) is 7.05 Å². The Morgan fingerprint density at radius 1 is 1.23 bits per heavy atom. The van der Waals surface area contributed by atoms with Gasteiger partial charge in [-0.3, -0.25) is 14.5 Å². The van der Waals surface area contributed by atoms with E-state index in [1.165, 1.54) is 0 Å². The number of nitrogens with zero attached hydrogens (tertiary/aromatic N) is 3. The van der Waals surface area contributed by atoms with Crippen LogP contribution in [-0.4, -0.2) is 27.8 Å². The van der Waals surface area contributed by atoms with Crippen molar-refractivity contribution >= 4 is 5.91 Å². The van der Waals surface area contributed by atoms with Gasteiger partial charge in [-0.1, -0.05) is 18.2 Å². The van der Waals surface area contributed by atoms with Crippen molar-refractivity contribution in [1.29, 1.82) is 0 Å². The van der Waals surface area contributed by atoms with E-state index in [2.05, 4.69) is 15.4 Å². The van der Waals surface area contributed by atoms with Crippen molar-refractivity contribution in [3.05, 3.63) is 66.1 Å². The van der Waals surface area contributed by atoms with E-state index in [0.717, 1.165) is 28.1 Å². The minimum atomic E-state index is 0.0156. The van der Waals surface area contributed by atoms with Crippen molar-refractivity contribution in [3.8, 4) is 17.0 Å². The van der Waals surface area contributed by atoms with Crippen LogP contribution in [0.25, 0.3) is 11.3 Å².